The molecule has 94 valence electrons. The highest BCUT2D eigenvalue weighted by atomic mass is 16.3. The molecule has 4 heteroatoms. The Morgan fingerprint density at radius 2 is 2.35 bits per heavy atom. The van der Waals surface area contributed by atoms with Gasteiger partial charge in [-0.3, -0.25) is 4.79 Å². The van der Waals surface area contributed by atoms with E-state index in [0.717, 1.165) is 30.6 Å². The van der Waals surface area contributed by atoms with Crippen LogP contribution in [0.1, 0.15) is 34.6 Å². The summed E-state index contributed by atoms with van der Waals surface area (Å²) in [5, 5.41) is 9.17. The van der Waals surface area contributed by atoms with Crippen LogP contribution in [0.15, 0.2) is 6.07 Å². The Bertz CT molecular complexity index is 412. The Labute approximate surface area is 102 Å². The first-order valence-electron chi connectivity index (χ1n) is 6.18. The van der Waals surface area contributed by atoms with Gasteiger partial charge < -0.3 is 15.0 Å². The summed E-state index contributed by atoms with van der Waals surface area (Å²) in [6.45, 7) is 5.55. The average molecular weight is 236 g/mol. The summed E-state index contributed by atoms with van der Waals surface area (Å²) in [6, 6.07) is 1.99. The fraction of sp³-hybridized carbons (Fsp3) is 0.615. The molecule has 2 N–H and O–H groups in total. The van der Waals surface area contributed by atoms with Crippen LogP contribution in [-0.4, -0.2) is 40.6 Å². The topological polar surface area (TPSA) is 56.3 Å². The van der Waals surface area contributed by atoms with Crippen molar-refractivity contribution in [1.29, 1.82) is 0 Å². The van der Waals surface area contributed by atoms with Crippen LogP contribution in [-0.2, 0) is 0 Å². The summed E-state index contributed by atoms with van der Waals surface area (Å²) in [5.41, 5.74) is 2.71. The van der Waals surface area contributed by atoms with E-state index in [1.807, 2.05) is 24.8 Å². The smallest absolute Gasteiger partial charge is 0.270 e. The monoisotopic (exact) mass is 236 g/mol. The number of nitrogens with zero attached hydrogens (tertiary/aromatic N) is 1. The lowest BCUT2D eigenvalue weighted by molar-refractivity contribution is 0.0615. The molecule has 2 heterocycles. The molecule has 0 aliphatic carbocycles. The highest BCUT2D eigenvalue weighted by Gasteiger charge is 2.25. The second kappa shape index (κ2) is 4.92. The summed E-state index contributed by atoms with van der Waals surface area (Å²) in [5.74, 6) is 0.304. The van der Waals surface area contributed by atoms with E-state index in [4.69, 9.17) is 0 Å². The molecule has 1 fully saturated rings. The van der Waals surface area contributed by atoms with Crippen LogP contribution < -0.4 is 0 Å². The zero-order valence-corrected chi connectivity index (χ0v) is 10.5. The number of aliphatic hydroxyl groups is 1. The zero-order valence-electron chi connectivity index (χ0n) is 10.5. The van der Waals surface area contributed by atoms with Gasteiger partial charge in [-0.25, -0.2) is 0 Å². The van der Waals surface area contributed by atoms with Crippen molar-refractivity contribution in [3.8, 4) is 0 Å². The van der Waals surface area contributed by atoms with Crippen LogP contribution in [0.25, 0.3) is 0 Å². The number of carbonyl (C=O) groups is 1. The number of aromatic nitrogens is 1. The molecule has 17 heavy (non-hydrogen) atoms. The summed E-state index contributed by atoms with van der Waals surface area (Å²) in [6.07, 6.45) is 2.00. The first-order valence-corrected chi connectivity index (χ1v) is 6.18. The number of hydrogen-bond donors (Lipinski definition) is 2. The van der Waals surface area contributed by atoms with Crippen molar-refractivity contribution in [2.75, 3.05) is 19.7 Å². The van der Waals surface area contributed by atoms with Crippen LogP contribution in [0.3, 0.4) is 0 Å². The summed E-state index contributed by atoms with van der Waals surface area (Å²) >= 11 is 0. The molecule has 0 radical (unpaired) electrons. The summed E-state index contributed by atoms with van der Waals surface area (Å²) in [4.78, 5) is 17.3. The molecule has 1 aromatic rings. The third-order valence-corrected chi connectivity index (χ3v) is 3.43. The number of piperidine rings is 1. The maximum atomic E-state index is 12.3. The van der Waals surface area contributed by atoms with Gasteiger partial charge in [0.15, 0.2) is 0 Å². The largest absolute Gasteiger partial charge is 0.396 e. The molecule has 1 aromatic heterocycles. The minimum absolute atomic E-state index is 0.0637. The number of nitrogens with one attached hydrogen (secondary N) is 1. The first kappa shape index (κ1) is 12.2. The van der Waals surface area contributed by atoms with Crippen LogP contribution in [0.4, 0.5) is 0 Å². The van der Waals surface area contributed by atoms with Crippen LogP contribution >= 0.6 is 0 Å². The minimum atomic E-state index is 0.0637. The predicted molar refractivity (Wildman–Crippen MR) is 66.0 cm³/mol. The zero-order chi connectivity index (χ0) is 12.4. The maximum absolute atomic E-state index is 12.3. The second-order valence-electron chi connectivity index (χ2n) is 4.95. The molecule has 0 aromatic carbocycles. The number of aryl methyl sites for hydroxylation is 2. The highest BCUT2D eigenvalue weighted by Crippen LogP contribution is 2.19. The number of carbonyl (C=O) groups excluding carboxylic acids is 1. The Morgan fingerprint density at radius 3 is 2.94 bits per heavy atom. The van der Waals surface area contributed by atoms with E-state index in [2.05, 4.69) is 4.98 Å². The quantitative estimate of drug-likeness (QED) is 0.817. The van der Waals surface area contributed by atoms with E-state index in [0.29, 0.717) is 12.2 Å². The number of likely N-dealkylation sites (tertiary alicyclic amines) is 1. The number of H-pyrrole nitrogens is 1. The molecule has 1 atom stereocenters. The number of rotatable bonds is 2. The third kappa shape index (κ3) is 2.52. The van der Waals surface area contributed by atoms with Crippen molar-refractivity contribution in [2.24, 2.45) is 5.92 Å². The van der Waals surface area contributed by atoms with E-state index >= 15 is 0 Å². The van der Waals surface area contributed by atoms with Crippen LogP contribution in [0.2, 0.25) is 0 Å². The Balaban J connectivity index is 2.12. The van der Waals surface area contributed by atoms with Gasteiger partial charge in [-0.15, -0.1) is 0 Å². The Kier molecular flexibility index (Phi) is 3.52. The molecular formula is C13H20N2O2. The molecule has 1 amide bonds. The van der Waals surface area contributed by atoms with E-state index in [-0.39, 0.29) is 18.4 Å². The Hall–Kier alpha value is -1.29. The number of aromatic amines is 1. The SMILES string of the molecule is Cc1cc(C)c(C(=O)N2CCCC(CO)C2)[nH]1. The second-order valence-corrected chi connectivity index (χ2v) is 4.95. The van der Waals surface area contributed by atoms with Crippen molar-refractivity contribution in [1.82, 2.24) is 9.88 Å². The van der Waals surface area contributed by atoms with Crippen molar-refractivity contribution in [3.05, 3.63) is 23.0 Å². The molecular weight excluding hydrogens is 216 g/mol. The van der Waals surface area contributed by atoms with Gasteiger partial charge in [0.25, 0.3) is 5.91 Å². The normalized spacial score (nSPS) is 20.6. The van der Waals surface area contributed by atoms with E-state index in [9.17, 15) is 9.90 Å². The van der Waals surface area contributed by atoms with E-state index in [1.54, 1.807) is 0 Å². The maximum Gasteiger partial charge on any atom is 0.270 e. The number of aliphatic hydroxyl groups excluding tert-OH is 1. The van der Waals surface area contributed by atoms with Gasteiger partial charge in [0, 0.05) is 25.4 Å². The van der Waals surface area contributed by atoms with Gasteiger partial charge in [-0.2, -0.15) is 0 Å². The average Bonchev–Trinajstić information content (AvgIpc) is 2.67. The molecule has 1 aliphatic heterocycles. The van der Waals surface area contributed by atoms with Crippen LogP contribution in [0.5, 0.6) is 0 Å². The molecule has 0 saturated carbocycles. The molecule has 1 aliphatic rings. The summed E-state index contributed by atoms with van der Waals surface area (Å²) < 4.78 is 0. The molecule has 0 bridgehead atoms. The standard InChI is InChI=1S/C13H20N2O2/c1-9-6-10(2)14-12(9)13(17)15-5-3-4-11(7-15)8-16/h6,11,14,16H,3-5,7-8H2,1-2H3. The van der Waals surface area contributed by atoms with Crippen LogP contribution in [0, 0.1) is 19.8 Å². The van der Waals surface area contributed by atoms with Gasteiger partial charge in [-0.05, 0) is 44.2 Å². The Morgan fingerprint density at radius 1 is 1.59 bits per heavy atom. The molecule has 1 saturated heterocycles. The minimum Gasteiger partial charge on any atom is -0.396 e. The first-order chi connectivity index (χ1) is 8.11. The lowest BCUT2D eigenvalue weighted by atomic mass is 9.98. The molecule has 0 spiro atoms. The number of hydrogen-bond acceptors (Lipinski definition) is 2. The third-order valence-electron chi connectivity index (χ3n) is 3.43. The van der Waals surface area contributed by atoms with Crippen molar-refractivity contribution in [3.63, 3.8) is 0 Å². The van der Waals surface area contributed by atoms with E-state index < -0.39 is 0 Å². The predicted octanol–water partition coefficient (Wildman–Crippen LogP) is 1.48. The van der Waals surface area contributed by atoms with Crippen molar-refractivity contribution < 1.29 is 9.90 Å². The fourth-order valence-corrected chi connectivity index (χ4v) is 2.51. The molecule has 2 rings (SSSR count). The van der Waals surface area contributed by atoms with Gasteiger partial charge in [-0.1, -0.05) is 0 Å². The van der Waals surface area contributed by atoms with Crippen molar-refractivity contribution >= 4 is 5.91 Å². The van der Waals surface area contributed by atoms with Gasteiger partial charge in [0.1, 0.15) is 5.69 Å². The fourth-order valence-electron chi connectivity index (χ4n) is 2.51. The van der Waals surface area contributed by atoms with Gasteiger partial charge in [0.05, 0.1) is 0 Å². The molecule has 1 unspecified atom stereocenters. The summed E-state index contributed by atoms with van der Waals surface area (Å²) in [7, 11) is 0. The highest BCUT2D eigenvalue weighted by molar-refractivity contribution is 5.94. The van der Waals surface area contributed by atoms with Gasteiger partial charge >= 0.3 is 0 Å². The van der Waals surface area contributed by atoms with E-state index in [1.165, 1.54) is 0 Å². The lowest BCUT2D eigenvalue weighted by Crippen LogP contribution is -2.41. The van der Waals surface area contributed by atoms with Crippen molar-refractivity contribution in [2.45, 2.75) is 26.7 Å². The molecule has 4 nitrogen and oxygen atoms in total. The number of amides is 1. The lowest BCUT2D eigenvalue weighted by Gasteiger charge is -2.31. The van der Waals surface area contributed by atoms with Gasteiger partial charge in [0.2, 0.25) is 0 Å².